The highest BCUT2D eigenvalue weighted by atomic mass is 16.6. The highest BCUT2D eigenvalue weighted by Crippen LogP contribution is 2.46. The van der Waals surface area contributed by atoms with Gasteiger partial charge in [-0.3, -0.25) is 19.3 Å². The number of rotatable bonds is 3. The number of nitrogens with one attached hydrogen (secondary N) is 1. The molecule has 0 bridgehead atoms. The van der Waals surface area contributed by atoms with Crippen LogP contribution in [0.15, 0.2) is 0 Å². The Hall–Kier alpha value is -1.63. The van der Waals surface area contributed by atoms with Crippen LogP contribution in [0.5, 0.6) is 0 Å². The molecule has 7 nitrogen and oxygen atoms in total. The van der Waals surface area contributed by atoms with Crippen molar-refractivity contribution in [2.75, 3.05) is 32.7 Å². The smallest absolute Gasteiger partial charge is 0.307 e. The molecule has 146 valence electrons. The molecule has 0 aromatic heterocycles. The predicted octanol–water partition coefficient (Wildman–Crippen LogP) is 0.921. The van der Waals surface area contributed by atoms with Crippen LogP contribution in [0.25, 0.3) is 0 Å². The summed E-state index contributed by atoms with van der Waals surface area (Å²) in [5.74, 6) is -0.496. The Morgan fingerprint density at radius 1 is 1.15 bits per heavy atom. The maximum absolute atomic E-state index is 13.0. The standard InChI is InChI=1S/C19H31N3O4/c1-18(2,3)20-15(23)13-21-8-10-22(11-9-21)17(25)14-12-16(24)26-19(14)6-4-5-7-19/h14H,4-13H2,1-3H3,(H,20,23)/t14-/m1/s1. The Morgan fingerprint density at radius 3 is 2.35 bits per heavy atom. The van der Waals surface area contributed by atoms with Gasteiger partial charge in [-0.25, -0.2) is 0 Å². The van der Waals surface area contributed by atoms with Crippen molar-refractivity contribution in [3.05, 3.63) is 0 Å². The number of carbonyl (C=O) groups is 3. The summed E-state index contributed by atoms with van der Waals surface area (Å²) in [6, 6.07) is 0. The van der Waals surface area contributed by atoms with E-state index in [1.54, 1.807) is 0 Å². The molecule has 1 atom stereocenters. The van der Waals surface area contributed by atoms with Crippen molar-refractivity contribution < 1.29 is 19.1 Å². The summed E-state index contributed by atoms with van der Waals surface area (Å²) in [6.07, 6.45) is 3.87. The summed E-state index contributed by atoms with van der Waals surface area (Å²) in [6.45, 7) is 8.80. The van der Waals surface area contributed by atoms with Crippen LogP contribution in [-0.4, -0.2) is 71.4 Å². The minimum atomic E-state index is -0.544. The molecule has 2 saturated heterocycles. The molecule has 0 aromatic rings. The van der Waals surface area contributed by atoms with Gasteiger partial charge in [0, 0.05) is 31.7 Å². The van der Waals surface area contributed by atoms with Gasteiger partial charge in [0.25, 0.3) is 0 Å². The zero-order chi connectivity index (χ0) is 18.9. The Bertz CT molecular complexity index is 570. The van der Waals surface area contributed by atoms with E-state index in [9.17, 15) is 14.4 Å². The number of ether oxygens (including phenoxy) is 1. The van der Waals surface area contributed by atoms with E-state index in [2.05, 4.69) is 10.2 Å². The molecule has 2 heterocycles. The summed E-state index contributed by atoms with van der Waals surface area (Å²) >= 11 is 0. The Balaban J connectivity index is 1.52. The molecule has 3 fully saturated rings. The Labute approximate surface area is 155 Å². The molecular weight excluding hydrogens is 334 g/mol. The molecule has 2 amide bonds. The number of esters is 1. The predicted molar refractivity (Wildman–Crippen MR) is 96.3 cm³/mol. The second-order valence-electron chi connectivity index (χ2n) is 8.90. The first-order valence-electron chi connectivity index (χ1n) is 9.73. The molecule has 0 unspecified atom stereocenters. The number of piperazine rings is 1. The second-order valence-corrected chi connectivity index (χ2v) is 8.90. The summed E-state index contributed by atoms with van der Waals surface area (Å²) in [4.78, 5) is 40.9. The lowest BCUT2D eigenvalue weighted by Gasteiger charge is -2.38. The first-order valence-corrected chi connectivity index (χ1v) is 9.73. The molecule has 3 rings (SSSR count). The van der Waals surface area contributed by atoms with Crippen molar-refractivity contribution in [1.29, 1.82) is 0 Å². The van der Waals surface area contributed by atoms with Gasteiger partial charge >= 0.3 is 5.97 Å². The van der Waals surface area contributed by atoms with Gasteiger partial charge in [-0.05, 0) is 46.5 Å². The summed E-state index contributed by atoms with van der Waals surface area (Å²) in [5, 5.41) is 2.97. The van der Waals surface area contributed by atoms with E-state index in [0.717, 1.165) is 25.7 Å². The first-order chi connectivity index (χ1) is 12.2. The zero-order valence-corrected chi connectivity index (χ0v) is 16.2. The van der Waals surface area contributed by atoms with Gasteiger partial charge < -0.3 is 15.0 Å². The molecule has 1 N–H and O–H groups in total. The van der Waals surface area contributed by atoms with E-state index >= 15 is 0 Å². The van der Waals surface area contributed by atoms with E-state index < -0.39 is 5.60 Å². The van der Waals surface area contributed by atoms with Gasteiger partial charge in [0.15, 0.2) is 0 Å². The van der Waals surface area contributed by atoms with Crippen molar-refractivity contribution in [2.45, 2.75) is 64.0 Å². The third-order valence-corrected chi connectivity index (χ3v) is 5.64. The van der Waals surface area contributed by atoms with Gasteiger partial charge in [0.05, 0.1) is 18.9 Å². The number of carbonyl (C=O) groups excluding carboxylic acids is 3. The Morgan fingerprint density at radius 2 is 1.77 bits per heavy atom. The third kappa shape index (κ3) is 4.19. The van der Waals surface area contributed by atoms with Crippen LogP contribution < -0.4 is 5.32 Å². The molecule has 0 aromatic carbocycles. The van der Waals surface area contributed by atoms with Crippen molar-refractivity contribution in [3.63, 3.8) is 0 Å². The lowest BCUT2D eigenvalue weighted by atomic mass is 9.84. The van der Waals surface area contributed by atoms with Crippen LogP contribution >= 0.6 is 0 Å². The number of hydrogen-bond donors (Lipinski definition) is 1. The van der Waals surface area contributed by atoms with Crippen LogP contribution in [0, 0.1) is 5.92 Å². The fourth-order valence-corrected chi connectivity index (χ4v) is 4.44. The minimum Gasteiger partial charge on any atom is -0.458 e. The maximum atomic E-state index is 13.0. The molecule has 3 aliphatic rings. The Kier molecular flexibility index (Phi) is 5.28. The number of amides is 2. The van der Waals surface area contributed by atoms with Crippen LogP contribution in [-0.2, 0) is 19.1 Å². The highest BCUT2D eigenvalue weighted by molar-refractivity contribution is 5.88. The van der Waals surface area contributed by atoms with Gasteiger partial charge in [-0.2, -0.15) is 0 Å². The van der Waals surface area contributed by atoms with E-state index in [1.807, 2.05) is 25.7 Å². The average molecular weight is 365 g/mol. The largest absolute Gasteiger partial charge is 0.458 e. The van der Waals surface area contributed by atoms with Crippen molar-refractivity contribution in [1.82, 2.24) is 15.1 Å². The summed E-state index contributed by atoms with van der Waals surface area (Å²) in [5.41, 5.74) is -0.780. The quantitative estimate of drug-likeness (QED) is 0.753. The minimum absolute atomic E-state index is 0.0111. The molecule has 2 aliphatic heterocycles. The monoisotopic (exact) mass is 365 g/mol. The van der Waals surface area contributed by atoms with E-state index in [4.69, 9.17) is 4.74 Å². The van der Waals surface area contributed by atoms with Crippen LogP contribution in [0.2, 0.25) is 0 Å². The van der Waals surface area contributed by atoms with Crippen molar-refractivity contribution >= 4 is 17.8 Å². The highest BCUT2D eigenvalue weighted by Gasteiger charge is 2.54. The SMILES string of the molecule is CC(C)(C)NC(=O)CN1CCN(C(=O)[C@H]2CC(=O)OC23CCCC3)CC1. The van der Waals surface area contributed by atoms with E-state index in [-0.39, 0.29) is 35.7 Å². The van der Waals surface area contributed by atoms with Gasteiger partial charge in [0.2, 0.25) is 11.8 Å². The lowest BCUT2D eigenvalue weighted by molar-refractivity contribution is -0.152. The van der Waals surface area contributed by atoms with Crippen LogP contribution in [0.4, 0.5) is 0 Å². The third-order valence-electron chi connectivity index (χ3n) is 5.64. The van der Waals surface area contributed by atoms with E-state index in [0.29, 0.717) is 32.7 Å². The zero-order valence-electron chi connectivity index (χ0n) is 16.2. The first kappa shape index (κ1) is 19.1. The fourth-order valence-electron chi connectivity index (χ4n) is 4.44. The van der Waals surface area contributed by atoms with Crippen molar-refractivity contribution in [3.8, 4) is 0 Å². The van der Waals surface area contributed by atoms with Crippen molar-refractivity contribution in [2.24, 2.45) is 5.92 Å². The molecule has 7 heteroatoms. The fraction of sp³-hybridized carbons (Fsp3) is 0.842. The maximum Gasteiger partial charge on any atom is 0.307 e. The normalized spacial score (nSPS) is 26.2. The molecule has 1 spiro atoms. The van der Waals surface area contributed by atoms with Gasteiger partial charge in [-0.15, -0.1) is 0 Å². The molecule has 1 aliphatic carbocycles. The van der Waals surface area contributed by atoms with Crippen LogP contribution in [0.3, 0.4) is 0 Å². The molecule has 1 saturated carbocycles. The number of nitrogens with zero attached hydrogens (tertiary/aromatic N) is 2. The molecule has 26 heavy (non-hydrogen) atoms. The second kappa shape index (κ2) is 7.18. The lowest BCUT2D eigenvalue weighted by Crippen LogP contribution is -2.55. The van der Waals surface area contributed by atoms with E-state index in [1.165, 1.54) is 0 Å². The molecule has 0 radical (unpaired) electrons. The topological polar surface area (TPSA) is 79.0 Å². The van der Waals surface area contributed by atoms with Crippen LogP contribution in [0.1, 0.15) is 52.9 Å². The summed E-state index contributed by atoms with van der Waals surface area (Å²) < 4.78 is 5.60. The van der Waals surface area contributed by atoms with Gasteiger partial charge in [0.1, 0.15) is 5.60 Å². The summed E-state index contributed by atoms with van der Waals surface area (Å²) in [7, 11) is 0. The molecular formula is C19H31N3O4. The average Bonchev–Trinajstić information content (AvgIpc) is 3.12. The van der Waals surface area contributed by atoms with Gasteiger partial charge in [-0.1, -0.05) is 0 Å². The number of hydrogen-bond acceptors (Lipinski definition) is 5.